The van der Waals surface area contributed by atoms with Crippen LogP contribution in [0, 0.1) is 0 Å². The third-order valence-electron chi connectivity index (χ3n) is 1.89. The fraction of sp³-hybridized carbons (Fsp3) is 0.500. The van der Waals surface area contributed by atoms with E-state index in [1.54, 1.807) is 5.32 Å². The summed E-state index contributed by atoms with van der Waals surface area (Å²) in [5, 5.41) is 44.9. The van der Waals surface area contributed by atoms with Crippen LogP contribution in [0.25, 0.3) is 0 Å². The molecule has 1 radical (unpaired) electrons. The maximum atomic E-state index is 10.7. The van der Waals surface area contributed by atoms with Gasteiger partial charge in [0.05, 0.1) is 6.42 Å². The first-order valence-electron chi connectivity index (χ1n) is 4.51. The Morgan fingerprint density at radius 2 is 1.37 bits per heavy atom. The molecule has 3 unspecified atom stereocenters. The normalized spacial score (nSPS) is 14.6. The Morgan fingerprint density at radius 3 is 1.63 bits per heavy atom. The minimum atomic E-state index is -2.40. The monoisotopic (exact) mass is 328 g/mol. The molecule has 0 saturated carbocycles. The van der Waals surface area contributed by atoms with Crippen LogP contribution in [0.4, 0.5) is 0 Å². The summed E-state index contributed by atoms with van der Waals surface area (Å²) in [7, 11) is 0. The van der Waals surface area contributed by atoms with Gasteiger partial charge in [-0.15, -0.1) is 0 Å². The first-order valence-corrected chi connectivity index (χ1v) is 4.51. The van der Waals surface area contributed by atoms with E-state index < -0.39 is 48.5 Å². The molecule has 0 aromatic heterocycles. The molecular weight excluding hydrogens is 318 g/mol. The summed E-state index contributed by atoms with van der Waals surface area (Å²) in [5.41, 5.74) is 0. The quantitative estimate of drug-likeness (QED) is 0.258. The Balaban J connectivity index is 0. The summed E-state index contributed by atoms with van der Waals surface area (Å²) in [5.74, 6) is -6.90. The van der Waals surface area contributed by atoms with Crippen molar-refractivity contribution in [2.75, 3.05) is 0 Å². The molecule has 0 rings (SSSR count). The number of rotatable bonds is 8. The molecule has 3 atom stereocenters. The van der Waals surface area contributed by atoms with Crippen LogP contribution >= 0.6 is 0 Å². The van der Waals surface area contributed by atoms with E-state index in [9.17, 15) is 19.2 Å². The molecule has 0 amide bonds. The van der Waals surface area contributed by atoms with Gasteiger partial charge in [0, 0.05) is 17.1 Å². The second kappa shape index (κ2) is 8.43. The first-order chi connectivity index (χ1) is 8.16. The molecule has 0 spiro atoms. The van der Waals surface area contributed by atoms with E-state index in [0.29, 0.717) is 0 Å². The zero-order valence-corrected chi connectivity index (χ0v) is 10.1. The summed E-state index contributed by atoms with van der Waals surface area (Å²) in [6.07, 6.45) is -3.37. The van der Waals surface area contributed by atoms with Gasteiger partial charge >= 0.3 is 23.9 Å². The predicted molar refractivity (Wildman–Crippen MR) is 51.9 cm³/mol. The summed E-state index contributed by atoms with van der Waals surface area (Å²) in [6.45, 7) is 0. The van der Waals surface area contributed by atoms with Crippen LogP contribution in [-0.4, -0.2) is 67.6 Å². The van der Waals surface area contributed by atoms with E-state index in [4.69, 9.17) is 25.5 Å². The maximum absolute atomic E-state index is 10.7. The van der Waals surface area contributed by atoms with Gasteiger partial charge in [0.1, 0.15) is 12.1 Å². The molecule has 11 heteroatoms. The summed E-state index contributed by atoms with van der Waals surface area (Å²) in [6, 6.07) is -3.97. The standard InChI is InChI=1S/C8H11NO9.Cu/c10-3(11)1-2(6(13)14)9-4(7(15)16)5(12)8(17)18;/h2,4-5,9,12H,1H2,(H,10,11)(H,13,14)(H,15,16)(H,17,18);. The summed E-state index contributed by atoms with van der Waals surface area (Å²) in [4.78, 5) is 42.0. The molecule has 0 bridgehead atoms. The van der Waals surface area contributed by atoms with Gasteiger partial charge < -0.3 is 25.5 Å². The number of carboxylic acids is 4. The van der Waals surface area contributed by atoms with E-state index in [0.717, 1.165) is 0 Å². The smallest absolute Gasteiger partial charge is 0.334 e. The molecule has 0 fully saturated rings. The average molecular weight is 329 g/mol. The van der Waals surface area contributed by atoms with Crippen molar-refractivity contribution in [2.45, 2.75) is 24.6 Å². The van der Waals surface area contributed by atoms with Gasteiger partial charge in [-0.05, 0) is 0 Å². The Hall–Kier alpha value is -1.68. The number of hydrogen-bond donors (Lipinski definition) is 6. The van der Waals surface area contributed by atoms with Crippen molar-refractivity contribution >= 4 is 23.9 Å². The van der Waals surface area contributed by atoms with Crippen LogP contribution in [0.1, 0.15) is 6.42 Å². The number of aliphatic carboxylic acids is 4. The zero-order valence-electron chi connectivity index (χ0n) is 9.11. The molecule has 0 aliphatic rings. The van der Waals surface area contributed by atoms with E-state index in [2.05, 4.69) is 0 Å². The van der Waals surface area contributed by atoms with E-state index in [-0.39, 0.29) is 17.1 Å². The van der Waals surface area contributed by atoms with Gasteiger partial charge in [-0.2, -0.15) is 0 Å². The van der Waals surface area contributed by atoms with Crippen LogP contribution in [0.5, 0.6) is 0 Å². The van der Waals surface area contributed by atoms with Crippen LogP contribution in [0.15, 0.2) is 0 Å². The number of carbonyl (C=O) groups is 4. The van der Waals surface area contributed by atoms with Gasteiger partial charge in [0.2, 0.25) is 0 Å². The van der Waals surface area contributed by atoms with Crippen molar-refractivity contribution in [1.82, 2.24) is 5.32 Å². The van der Waals surface area contributed by atoms with Crippen molar-refractivity contribution in [2.24, 2.45) is 0 Å². The second-order valence-electron chi connectivity index (χ2n) is 3.25. The van der Waals surface area contributed by atoms with Crippen molar-refractivity contribution in [1.29, 1.82) is 0 Å². The summed E-state index contributed by atoms with van der Waals surface area (Å²) >= 11 is 0. The predicted octanol–water partition coefficient (Wildman–Crippen LogP) is -2.60. The van der Waals surface area contributed by atoms with Crippen molar-refractivity contribution in [3.63, 3.8) is 0 Å². The van der Waals surface area contributed by atoms with Crippen molar-refractivity contribution < 1.29 is 61.8 Å². The van der Waals surface area contributed by atoms with Gasteiger partial charge in [-0.3, -0.25) is 19.7 Å². The maximum Gasteiger partial charge on any atom is 0.334 e. The third-order valence-corrected chi connectivity index (χ3v) is 1.89. The van der Waals surface area contributed by atoms with Gasteiger partial charge in [-0.25, -0.2) is 4.79 Å². The zero-order chi connectivity index (χ0) is 14.5. The van der Waals surface area contributed by atoms with Crippen LogP contribution in [0.2, 0.25) is 0 Å². The van der Waals surface area contributed by atoms with E-state index in [1.807, 2.05) is 0 Å². The third kappa shape index (κ3) is 6.72. The molecule has 113 valence electrons. The molecular formula is C8H11CuNO9. The van der Waals surface area contributed by atoms with Crippen LogP contribution < -0.4 is 5.32 Å². The largest absolute Gasteiger partial charge is 0.481 e. The molecule has 0 aliphatic heterocycles. The molecule has 0 heterocycles. The van der Waals surface area contributed by atoms with Gasteiger partial charge in [0.25, 0.3) is 0 Å². The SMILES string of the molecule is O=C(O)CC(NC(C(=O)O)C(O)C(=O)O)C(=O)O.[Cu]. The average Bonchev–Trinajstić information content (AvgIpc) is 2.21. The minimum absolute atomic E-state index is 0. The minimum Gasteiger partial charge on any atom is -0.481 e. The van der Waals surface area contributed by atoms with E-state index >= 15 is 0 Å². The number of carboxylic acid groups (broad SMARTS) is 4. The fourth-order valence-corrected chi connectivity index (χ4v) is 1.05. The Labute approximate surface area is 116 Å². The Kier molecular flexibility index (Phi) is 8.72. The van der Waals surface area contributed by atoms with Crippen molar-refractivity contribution in [3.8, 4) is 0 Å². The number of hydrogen-bond acceptors (Lipinski definition) is 6. The Bertz CT molecular complexity index is 371. The fourth-order valence-electron chi connectivity index (χ4n) is 1.05. The molecule has 0 aromatic rings. The topological polar surface area (TPSA) is 181 Å². The van der Waals surface area contributed by atoms with E-state index in [1.165, 1.54) is 0 Å². The molecule has 0 aromatic carbocycles. The van der Waals surface area contributed by atoms with Gasteiger partial charge in [0.15, 0.2) is 6.10 Å². The van der Waals surface area contributed by atoms with Crippen LogP contribution in [-0.2, 0) is 36.2 Å². The Morgan fingerprint density at radius 1 is 0.895 bits per heavy atom. The molecule has 0 saturated heterocycles. The number of aliphatic hydroxyl groups is 1. The molecule has 6 N–H and O–H groups in total. The second-order valence-corrected chi connectivity index (χ2v) is 3.25. The molecule has 10 nitrogen and oxygen atoms in total. The number of nitrogens with one attached hydrogen (secondary N) is 1. The first kappa shape index (κ1) is 19.7. The van der Waals surface area contributed by atoms with Crippen molar-refractivity contribution in [3.05, 3.63) is 0 Å². The number of aliphatic hydroxyl groups excluding tert-OH is 1. The molecule has 0 aliphatic carbocycles. The molecule has 19 heavy (non-hydrogen) atoms. The van der Waals surface area contributed by atoms with Crippen LogP contribution in [0.3, 0.4) is 0 Å². The summed E-state index contributed by atoms with van der Waals surface area (Å²) < 4.78 is 0. The van der Waals surface area contributed by atoms with Gasteiger partial charge in [-0.1, -0.05) is 0 Å².